The third kappa shape index (κ3) is 2.56. The summed E-state index contributed by atoms with van der Waals surface area (Å²) >= 11 is 2.59. The summed E-state index contributed by atoms with van der Waals surface area (Å²) in [4.78, 5) is 8.43. The first-order valence-corrected chi connectivity index (χ1v) is 7.09. The van der Waals surface area contributed by atoms with E-state index in [0.29, 0.717) is 9.88 Å². The molecule has 0 aliphatic heterocycles. The predicted octanol–water partition coefficient (Wildman–Crippen LogP) is 4.35. The molecule has 0 aliphatic rings. The summed E-state index contributed by atoms with van der Waals surface area (Å²) in [6, 6.07) is 3.84. The zero-order chi connectivity index (χ0) is 14.2. The van der Waals surface area contributed by atoms with Crippen LogP contribution < -0.4 is 0 Å². The van der Waals surface area contributed by atoms with Gasteiger partial charge in [0, 0.05) is 17.1 Å². The van der Waals surface area contributed by atoms with Crippen molar-refractivity contribution in [2.75, 3.05) is 0 Å². The van der Waals surface area contributed by atoms with Gasteiger partial charge in [0.2, 0.25) is 0 Å². The number of hydrogen-bond acceptors (Lipinski definition) is 5. The van der Waals surface area contributed by atoms with E-state index in [4.69, 9.17) is 0 Å². The van der Waals surface area contributed by atoms with Crippen LogP contribution in [0.4, 0.5) is 13.2 Å². The van der Waals surface area contributed by atoms with Gasteiger partial charge in [0.1, 0.15) is 10.7 Å². The van der Waals surface area contributed by atoms with E-state index < -0.39 is 11.9 Å². The fourth-order valence-electron chi connectivity index (χ4n) is 1.57. The lowest BCUT2D eigenvalue weighted by molar-refractivity contribution is -0.141. The van der Waals surface area contributed by atoms with Crippen LogP contribution in [0.1, 0.15) is 5.69 Å². The number of alkyl halides is 3. The third-order valence-corrected chi connectivity index (χ3v) is 4.13. The van der Waals surface area contributed by atoms with Gasteiger partial charge in [0.15, 0.2) is 0 Å². The molecule has 0 aliphatic carbocycles. The van der Waals surface area contributed by atoms with Crippen LogP contribution in [0.3, 0.4) is 0 Å². The van der Waals surface area contributed by atoms with Crippen molar-refractivity contribution in [3.05, 3.63) is 41.7 Å². The maximum atomic E-state index is 12.6. The zero-order valence-corrected chi connectivity index (χ0v) is 11.4. The minimum absolute atomic E-state index is 0.270. The van der Waals surface area contributed by atoms with Crippen molar-refractivity contribution in [2.45, 2.75) is 6.18 Å². The number of pyridine rings is 1. The lowest BCUT2D eigenvalue weighted by Crippen LogP contribution is -2.07. The van der Waals surface area contributed by atoms with Gasteiger partial charge < -0.3 is 0 Å². The summed E-state index contributed by atoms with van der Waals surface area (Å²) in [7, 11) is 0. The molecule has 0 saturated heterocycles. The smallest absolute Gasteiger partial charge is 0.244 e. The van der Waals surface area contributed by atoms with Gasteiger partial charge in [-0.3, -0.25) is 0 Å². The van der Waals surface area contributed by atoms with E-state index in [2.05, 4.69) is 14.3 Å². The molecule has 20 heavy (non-hydrogen) atoms. The molecule has 0 atom stereocenters. The van der Waals surface area contributed by atoms with Gasteiger partial charge in [-0.05, 0) is 23.7 Å². The van der Waals surface area contributed by atoms with Crippen LogP contribution in [0, 0.1) is 0 Å². The molecule has 3 aromatic rings. The molecule has 3 heterocycles. The average molecular weight is 313 g/mol. The highest BCUT2D eigenvalue weighted by Crippen LogP contribution is 2.33. The van der Waals surface area contributed by atoms with Crippen molar-refractivity contribution in [2.24, 2.45) is 0 Å². The summed E-state index contributed by atoms with van der Waals surface area (Å²) in [5.41, 5.74) is 0.229. The van der Waals surface area contributed by atoms with Gasteiger partial charge in [-0.15, -0.1) is 11.3 Å². The van der Waals surface area contributed by atoms with Crippen LogP contribution in [0.25, 0.3) is 21.1 Å². The first-order valence-electron chi connectivity index (χ1n) is 5.44. The van der Waals surface area contributed by atoms with Crippen LogP contribution in [0.15, 0.2) is 36.0 Å². The van der Waals surface area contributed by atoms with Crippen LogP contribution in [-0.2, 0) is 6.18 Å². The molecule has 102 valence electrons. The first kappa shape index (κ1) is 13.2. The zero-order valence-electron chi connectivity index (χ0n) is 9.76. The van der Waals surface area contributed by atoms with Gasteiger partial charge in [0.05, 0.1) is 16.8 Å². The van der Waals surface area contributed by atoms with Crippen LogP contribution in [0.5, 0.6) is 0 Å². The molecule has 8 heteroatoms. The van der Waals surface area contributed by atoms with E-state index in [-0.39, 0.29) is 5.69 Å². The number of rotatable bonds is 2. The summed E-state index contributed by atoms with van der Waals surface area (Å²) in [5.74, 6) is 0. The highest BCUT2D eigenvalue weighted by Gasteiger charge is 2.32. The van der Waals surface area contributed by atoms with Crippen LogP contribution in [-0.4, -0.2) is 14.3 Å². The summed E-state index contributed by atoms with van der Waals surface area (Å²) in [6.45, 7) is 0. The molecule has 0 aromatic carbocycles. The van der Waals surface area contributed by atoms with Gasteiger partial charge in [-0.1, -0.05) is 6.07 Å². The highest BCUT2D eigenvalue weighted by molar-refractivity contribution is 7.18. The van der Waals surface area contributed by atoms with Crippen molar-refractivity contribution >= 4 is 22.9 Å². The normalized spacial score (nSPS) is 11.8. The number of nitrogens with zero attached hydrogens (tertiary/aromatic N) is 3. The van der Waals surface area contributed by atoms with Gasteiger partial charge in [-0.2, -0.15) is 13.2 Å². The Labute approximate surface area is 119 Å². The van der Waals surface area contributed by atoms with E-state index in [9.17, 15) is 13.2 Å². The molecule has 0 fully saturated rings. The molecule has 0 spiro atoms. The molecule has 0 radical (unpaired) electrons. The Morgan fingerprint density at radius 2 is 1.95 bits per heavy atom. The summed E-state index contributed by atoms with van der Waals surface area (Å²) < 4.78 is 41.9. The second-order valence-electron chi connectivity index (χ2n) is 3.85. The van der Waals surface area contributed by atoms with Crippen molar-refractivity contribution in [3.63, 3.8) is 0 Å². The molecule has 0 amide bonds. The molecule has 0 bridgehead atoms. The molecular formula is C12H6F3N3S2. The van der Waals surface area contributed by atoms with E-state index in [1.807, 2.05) is 5.38 Å². The molecule has 0 unspecified atom stereocenters. The maximum Gasteiger partial charge on any atom is 0.433 e. The van der Waals surface area contributed by atoms with Crippen LogP contribution >= 0.6 is 22.9 Å². The van der Waals surface area contributed by atoms with Crippen molar-refractivity contribution in [3.8, 4) is 21.1 Å². The number of aromatic nitrogens is 3. The average Bonchev–Trinajstić information content (AvgIpc) is 3.09. The van der Waals surface area contributed by atoms with E-state index in [1.54, 1.807) is 12.3 Å². The molecule has 3 rings (SSSR count). The fraction of sp³-hybridized carbons (Fsp3) is 0.0833. The van der Waals surface area contributed by atoms with Crippen molar-refractivity contribution < 1.29 is 13.2 Å². The van der Waals surface area contributed by atoms with Gasteiger partial charge >= 0.3 is 6.18 Å². The molecule has 0 N–H and O–H groups in total. The fourth-order valence-corrected chi connectivity index (χ4v) is 3.03. The predicted molar refractivity (Wildman–Crippen MR) is 71.5 cm³/mol. The number of halogens is 3. The summed E-state index contributed by atoms with van der Waals surface area (Å²) in [6.07, 6.45) is -1.24. The number of hydrogen-bond donors (Lipinski definition) is 0. The second kappa shape index (κ2) is 4.95. The van der Waals surface area contributed by atoms with Crippen LogP contribution in [0.2, 0.25) is 0 Å². The molecule has 3 nitrogen and oxygen atoms in total. The van der Waals surface area contributed by atoms with E-state index in [1.165, 1.54) is 35.1 Å². The SMILES string of the molecule is FC(F)(F)c1cccc(-c2cnc(-c3cnsc3)s2)n1. The maximum absolute atomic E-state index is 12.6. The quantitative estimate of drug-likeness (QED) is 0.706. The van der Waals surface area contributed by atoms with E-state index in [0.717, 1.165) is 11.6 Å². The number of thiazole rings is 1. The Morgan fingerprint density at radius 1 is 1.10 bits per heavy atom. The lowest BCUT2D eigenvalue weighted by atomic mass is 10.3. The first-order chi connectivity index (χ1) is 9.54. The largest absolute Gasteiger partial charge is 0.433 e. The Kier molecular flexibility index (Phi) is 3.27. The molecule has 0 saturated carbocycles. The third-order valence-electron chi connectivity index (χ3n) is 2.48. The van der Waals surface area contributed by atoms with Crippen molar-refractivity contribution in [1.29, 1.82) is 0 Å². The van der Waals surface area contributed by atoms with E-state index >= 15 is 0 Å². The van der Waals surface area contributed by atoms with Crippen molar-refractivity contribution in [1.82, 2.24) is 14.3 Å². The monoisotopic (exact) mass is 313 g/mol. The minimum atomic E-state index is -4.44. The minimum Gasteiger partial charge on any atom is -0.244 e. The standard InChI is InChI=1S/C12H6F3N3S2/c13-12(14,15)10-3-1-2-8(18-10)9-5-16-11(20-9)7-4-17-19-6-7/h1-6H. The Balaban J connectivity index is 1.98. The van der Waals surface area contributed by atoms with Gasteiger partial charge in [0.25, 0.3) is 0 Å². The summed E-state index contributed by atoms with van der Waals surface area (Å²) in [5, 5.41) is 2.55. The van der Waals surface area contributed by atoms with Gasteiger partial charge in [-0.25, -0.2) is 14.3 Å². The lowest BCUT2D eigenvalue weighted by Gasteiger charge is -2.06. The Morgan fingerprint density at radius 3 is 2.65 bits per heavy atom. The Bertz CT molecular complexity index is 720. The second-order valence-corrected chi connectivity index (χ2v) is 5.54. The Hall–Kier alpha value is -1.80. The topological polar surface area (TPSA) is 38.7 Å². The highest BCUT2D eigenvalue weighted by atomic mass is 32.1. The molecular weight excluding hydrogens is 307 g/mol. The molecule has 3 aromatic heterocycles.